The molecule has 9 nitrogen and oxygen atoms in total. The first-order chi connectivity index (χ1) is 22.6. The number of amides is 1. The number of aromatic nitrogens is 3. The van der Waals surface area contributed by atoms with Crippen LogP contribution >= 0.6 is 0 Å². The summed E-state index contributed by atoms with van der Waals surface area (Å²) in [7, 11) is -4.01. The number of para-hydroxylation sites is 1. The largest absolute Gasteiger partial charge is 0.417 e. The number of benzene rings is 2. The van der Waals surface area contributed by atoms with E-state index in [1.54, 1.807) is 17.9 Å². The molecule has 2 aromatic carbocycles. The second-order valence-corrected chi connectivity index (χ2v) is 14.0. The molecule has 6 rings (SSSR count). The van der Waals surface area contributed by atoms with Crippen LogP contribution in [0.3, 0.4) is 0 Å². The molecule has 4 aromatic rings. The third kappa shape index (κ3) is 5.84. The van der Waals surface area contributed by atoms with Gasteiger partial charge in [0.2, 0.25) is 5.91 Å². The van der Waals surface area contributed by atoms with E-state index in [1.807, 2.05) is 0 Å². The average Bonchev–Trinajstić information content (AvgIpc) is 2.98. The van der Waals surface area contributed by atoms with Crippen LogP contribution in [-0.4, -0.2) is 65.7 Å². The number of sulfone groups is 1. The molecule has 2 aliphatic rings. The van der Waals surface area contributed by atoms with Crippen LogP contribution in [0, 0.1) is 11.6 Å². The normalized spacial score (nSPS) is 17.4. The summed E-state index contributed by atoms with van der Waals surface area (Å²) in [4.78, 5) is 38.0. The van der Waals surface area contributed by atoms with E-state index in [4.69, 9.17) is 0 Å². The molecule has 1 aliphatic carbocycles. The molecule has 0 spiro atoms. The molecule has 0 bridgehead atoms. The SMILES string of the molecule is C=CC(=O)N1CCN(c2nc(=O)n(-c3c(C4CCC4)cccc3S(C)(=O)=O)c3nc(-c4cc(F)ccc4C(F)(F)F)c(F)cc23)[C@@H](C)C1. The highest BCUT2D eigenvalue weighted by Crippen LogP contribution is 2.43. The van der Waals surface area contributed by atoms with Gasteiger partial charge in [-0.05, 0) is 67.7 Å². The van der Waals surface area contributed by atoms with Crippen LogP contribution in [0.25, 0.3) is 28.0 Å². The Morgan fingerprint density at radius 3 is 2.40 bits per heavy atom. The molecule has 1 atom stereocenters. The van der Waals surface area contributed by atoms with Crippen LogP contribution in [-0.2, 0) is 20.8 Å². The van der Waals surface area contributed by atoms with Crippen LogP contribution < -0.4 is 10.6 Å². The molecule has 2 fully saturated rings. The number of hydrogen-bond donors (Lipinski definition) is 0. The second-order valence-electron chi connectivity index (χ2n) is 12.1. The van der Waals surface area contributed by atoms with Crippen molar-refractivity contribution in [2.75, 3.05) is 30.8 Å². The van der Waals surface area contributed by atoms with Gasteiger partial charge in [0.05, 0.1) is 21.5 Å². The number of hydrogen-bond acceptors (Lipinski definition) is 7. The molecule has 0 radical (unpaired) electrons. The highest BCUT2D eigenvalue weighted by Gasteiger charge is 2.37. The molecule has 0 N–H and O–H groups in total. The van der Waals surface area contributed by atoms with Crippen molar-refractivity contribution in [2.24, 2.45) is 0 Å². The summed E-state index contributed by atoms with van der Waals surface area (Å²) in [6.07, 6.45) is -0.667. The van der Waals surface area contributed by atoms with Gasteiger partial charge in [-0.25, -0.2) is 31.5 Å². The van der Waals surface area contributed by atoms with Gasteiger partial charge in [0.15, 0.2) is 15.5 Å². The number of alkyl halides is 3. The molecule has 48 heavy (non-hydrogen) atoms. The van der Waals surface area contributed by atoms with E-state index in [2.05, 4.69) is 16.5 Å². The zero-order valence-corrected chi connectivity index (χ0v) is 26.7. The minimum Gasteiger partial charge on any atom is -0.350 e. The molecule has 0 unspecified atom stereocenters. The smallest absolute Gasteiger partial charge is 0.350 e. The van der Waals surface area contributed by atoms with Crippen molar-refractivity contribution in [3.8, 4) is 16.9 Å². The quantitative estimate of drug-likeness (QED) is 0.191. The Hall–Kier alpha value is -4.66. The van der Waals surface area contributed by atoms with Crippen LogP contribution in [0.2, 0.25) is 0 Å². The van der Waals surface area contributed by atoms with Gasteiger partial charge in [0.25, 0.3) is 0 Å². The maximum Gasteiger partial charge on any atom is 0.417 e. The molecular weight excluding hydrogens is 657 g/mol. The summed E-state index contributed by atoms with van der Waals surface area (Å²) in [5.74, 6) is -2.85. The lowest BCUT2D eigenvalue weighted by atomic mass is 9.79. The van der Waals surface area contributed by atoms with Gasteiger partial charge in [-0.1, -0.05) is 25.1 Å². The lowest BCUT2D eigenvalue weighted by Gasteiger charge is -2.40. The third-order valence-electron chi connectivity index (χ3n) is 8.93. The number of anilines is 1. The Balaban J connectivity index is 1.70. The maximum atomic E-state index is 16.1. The van der Waals surface area contributed by atoms with Crippen LogP contribution in [0.1, 0.15) is 43.2 Å². The van der Waals surface area contributed by atoms with E-state index in [-0.39, 0.29) is 58.9 Å². The second kappa shape index (κ2) is 12.1. The lowest BCUT2D eigenvalue weighted by Crippen LogP contribution is -2.54. The summed E-state index contributed by atoms with van der Waals surface area (Å²) in [5.41, 5.74) is -4.12. The first-order valence-corrected chi connectivity index (χ1v) is 17.0. The highest BCUT2D eigenvalue weighted by atomic mass is 32.2. The van der Waals surface area contributed by atoms with E-state index in [1.165, 1.54) is 23.1 Å². The molecule has 1 saturated carbocycles. The predicted molar refractivity (Wildman–Crippen MR) is 169 cm³/mol. The van der Waals surface area contributed by atoms with Crippen molar-refractivity contribution in [2.45, 2.75) is 49.2 Å². The van der Waals surface area contributed by atoms with Gasteiger partial charge in [0.1, 0.15) is 23.1 Å². The summed E-state index contributed by atoms with van der Waals surface area (Å²) >= 11 is 0. The minimum atomic E-state index is -5.02. The Labute approximate surface area is 272 Å². The summed E-state index contributed by atoms with van der Waals surface area (Å²) in [5, 5.41) is -0.0981. The molecule has 3 heterocycles. The number of piperazine rings is 1. The minimum absolute atomic E-state index is 0.0558. The summed E-state index contributed by atoms with van der Waals surface area (Å²) < 4.78 is 100. The molecular formula is C33H30F5N5O4S. The van der Waals surface area contributed by atoms with Crippen LogP contribution in [0.5, 0.6) is 0 Å². The number of fused-ring (bicyclic) bond motifs is 1. The van der Waals surface area contributed by atoms with Gasteiger partial charge < -0.3 is 9.80 Å². The summed E-state index contributed by atoms with van der Waals surface area (Å²) in [6, 6.07) is 6.48. The third-order valence-corrected chi connectivity index (χ3v) is 10.1. The van der Waals surface area contributed by atoms with Gasteiger partial charge in [0, 0.05) is 37.5 Å². The number of halogens is 5. The van der Waals surface area contributed by atoms with Crippen molar-refractivity contribution >= 4 is 32.6 Å². The number of carbonyl (C=O) groups is 1. The van der Waals surface area contributed by atoms with Crippen molar-refractivity contribution in [1.29, 1.82) is 0 Å². The zero-order chi connectivity index (χ0) is 34.7. The fourth-order valence-electron chi connectivity index (χ4n) is 6.40. The molecule has 1 aliphatic heterocycles. The number of pyridine rings is 1. The Morgan fingerprint density at radius 1 is 1.06 bits per heavy atom. The van der Waals surface area contributed by atoms with Gasteiger partial charge >= 0.3 is 11.9 Å². The van der Waals surface area contributed by atoms with E-state index < -0.39 is 56.2 Å². The zero-order valence-electron chi connectivity index (χ0n) is 25.9. The molecule has 1 saturated heterocycles. The van der Waals surface area contributed by atoms with Gasteiger partial charge in [-0.15, -0.1) is 0 Å². The number of rotatable bonds is 6. The standard InChI is InChI=1S/C33H30F5N5O4S/c1-4-27(44)41-13-14-42(18(2)17-41)30-23-16-25(35)28(22-15-20(34)11-12-24(22)33(36,37)38)39-31(23)43(32(45)40-30)29-21(19-7-5-8-19)9-6-10-26(29)48(3,46)47/h4,6,9-12,15-16,18-19H,1,5,7-8,13-14,17H2,2-3H3/t18-/m0/s1. The monoisotopic (exact) mass is 687 g/mol. The van der Waals surface area contributed by atoms with Crippen LogP contribution in [0.4, 0.5) is 27.8 Å². The summed E-state index contributed by atoms with van der Waals surface area (Å²) in [6.45, 7) is 5.77. The Bertz CT molecular complexity index is 2150. The topological polar surface area (TPSA) is 105 Å². The first-order valence-electron chi connectivity index (χ1n) is 15.1. The number of carbonyl (C=O) groups excluding carboxylic acids is 1. The van der Waals surface area contributed by atoms with Crippen molar-refractivity contribution in [1.82, 2.24) is 19.4 Å². The van der Waals surface area contributed by atoms with Crippen molar-refractivity contribution in [3.63, 3.8) is 0 Å². The molecule has 252 valence electrons. The van der Waals surface area contributed by atoms with Crippen molar-refractivity contribution < 1.29 is 35.2 Å². The number of nitrogens with zero attached hydrogens (tertiary/aromatic N) is 5. The highest BCUT2D eigenvalue weighted by molar-refractivity contribution is 7.90. The fourth-order valence-corrected chi connectivity index (χ4v) is 7.29. The van der Waals surface area contributed by atoms with Crippen molar-refractivity contribution in [3.05, 3.63) is 88.4 Å². The Kier molecular flexibility index (Phi) is 8.38. The maximum absolute atomic E-state index is 16.1. The van der Waals surface area contributed by atoms with Crippen LogP contribution in [0.15, 0.2) is 64.8 Å². The Morgan fingerprint density at radius 2 is 1.79 bits per heavy atom. The molecule has 1 amide bonds. The average molecular weight is 688 g/mol. The molecule has 15 heteroatoms. The van der Waals surface area contributed by atoms with E-state index in [9.17, 15) is 35.6 Å². The van der Waals surface area contributed by atoms with E-state index >= 15 is 4.39 Å². The van der Waals surface area contributed by atoms with Gasteiger partial charge in [-0.3, -0.25) is 4.79 Å². The molecule has 2 aromatic heterocycles. The lowest BCUT2D eigenvalue weighted by molar-refractivity contribution is -0.137. The van der Waals surface area contributed by atoms with E-state index in [0.29, 0.717) is 36.6 Å². The predicted octanol–water partition coefficient (Wildman–Crippen LogP) is 5.64. The van der Waals surface area contributed by atoms with Gasteiger partial charge in [-0.2, -0.15) is 18.2 Å². The first kappa shape index (κ1) is 33.2. The fraction of sp³-hybridized carbons (Fsp3) is 0.333. The van der Waals surface area contributed by atoms with E-state index in [0.717, 1.165) is 23.3 Å².